The number of carbonyl (C=O) groups is 1. The minimum atomic E-state index is -0.365. The summed E-state index contributed by atoms with van der Waals surface area (Å²) in [6, 6.07) is 12.4. The van der Waals surface area contributed by atoms with Crippen molar-refractivity contribution in [1.29, 1.82) is 0 Å². The number of ether oxygens (including phenoxy) is 2. The molecular weight excluding hydrogens is 328 g/mol. The third kappa shape index (κ3) is 5.44. The second kappa shape index (κ2) is 9.15. The predicted molar refractivity (Wildman–Crippen MR) is 97.3 cm³/mol. The summed E-state index contributed by atoms with van der Waals surface area (Å²) in [5.41, 5.74) is 2.34. The molecule has 0 aliphatic carbocycles. The standard InChI is InChI=1S/C18H21ClN2O3/c1-3-23-11-12-24-17-15(19)5-4-6-16(17)21-18(22)20-14-9-7-13(2)8-10-14/h4-10H,3,11-12H2,1-2H3,(H2,20,21,22). The van der Waals surface area contributed by atoms with Crippen LogP contribution < -0.4 is 15.4 Å². The van der Waals surface area contributed by atoms with E-state index < -0.39 is 0 Å². The van der Waals surface area contributed by atoms with Crippen LogP contribution in [0.1, 0.15) is 12.5 Å². The molecular formula is C18H21ClN2O3. The van der Waals surface area contributed by atoms with Crippen molar-refractivity contribution in [2.75, 3.05) is 30.5 Å². The number of nitrogens with one attached hydrogen (secondary N) is 2. The lowest BCUT2D eigenvalue weighted by Crippen LogP contribution is -2.20. The molecule has 2 rings (SSSR count). The van der Waals surface area contributed by atoms with Gasteiger partial charge in [-0.25, -0.2) is 4.79 Å². The zero-order chi connectivity index (χ0) is 17.4. The van der Waals surface area contributed by atoms with Gasteiger partial charge in [-0.3, -0.25) is 0 Å². The van der Waals surface area contributed by atoms with Gasteiger partial charge in [-0.15, -0.1) is 0 Å². The molecule has 2 aromatic carbocycles. The molecule has 0 atom stereocenters. The average molecular weight is 349 g/mol. The maximum Gasteiger partial charge on any atom is 0.323 e. The van der Waals surface area contributed by atoms with E-state index >= 15 is 0 Å². The number of urea groups is 1. The lowest BCUT2D eigenvalue weighted by Gasteiger charge is -2.14. The summed E-state index contributed by atoms with van der Waals surface area (Å²) in [6.07, 6.45) is 0. The van der Waals surface area contributed by atoms with Crippen LogP contribution in [0.3, 0.4) is 0 Å². The molecule has 0 saturated heterocycles. The Morgan fingerprint density at radius 2 is 1.83 bits per heavy atom. The number of hydrogen-bond donors (Lipinski definition) is 2. The number of hydrogen-bond acceptors (Lipinski definition) is 3. The number of carbonyl (C=O) groups excluding carboxylic acids is 1. The first kappa shape index (κ1) is 18.1. The van der Waals surface area contributed by atoms with Crippen molar-refractivity contribution < 1.29 is 14.3 Å². The quantitative estimate of drug-likeness (QED) is 0.712. The van der Waals surface area contributed by atoms with E-state index in [2.05, 4.69) is 10.6 Å². The SMILES string of the molecule is CCOCCOc1c(Cl)cccc1NC(=O)Nc1ccc(C)cc1. The van der Waals surface area contributed by atoms with Crippen molar-refractivity contribution in [2.24, 2.45) is 0 Å². The molecule has 0 radical (unpaired) electrons. The Kier molecular flexibility index (Phi) is 6.90. The van der Waals surface area contributed by atoms with Gasteiger partial charge < -0.3 is 20.1 Å². The zero-order valence-corrected chi connectivity index (χ0v) is 14.5. The summed E-state index contributed by atoms with van der Waals surface area (Å²) in [5.74, 6) is 0.429. The van der Waals surface area contributed by atoms with Gasteiger partial charge in [0.25, 0.3) is 0 Å². The van der Waals surface area contributed by atoms with Crippen LogP contribution >= 0.6 is 11.6 Å². The first-order chi connectivity index (χ1) is 11.6. The number of aryl methyl sites for hydroxylation is 1. The minimum absolute atomic E-state index is 0.353. The van der Waals surface area contributed by atoms with Crippen LogP contribution in [-0.4, -0.2) is 25.9 Å². The summed E-state index contributed by atoms with van der Waals surface area (Å²) in [5, 5.41) is 5.95. The van der Waals surface area contributed by atoms with Gasteiger partial charge in [0.05, 0.1) is 17.3 Å². The Morgan fingerprint density at radius 1 is 1.08 bits per heavy atom. The fourth-order valence-corrected chi connectivity index (χ4v) is 2.25. The predicted octanol–water partition coefficient (Wildman–Crippen LogP) is 4.71. The van der Waals surface area contributed by atoms with Gasteiger partial charge in [-0.05, 0) is 38.1 Å². The van der Waals surface area contributed by atoms with E-state index in [1.165, 1.54) is 0 Å². The number of halogens is 1. The molecule has 0 aromatic heterocycles. The molecule has 0 bridgehead atoms. The highest BCUT2D eigenvalue weighted by molar-refractivity contribution is 6.32. The maximum absolute atomic E-state index is 12.2. The summed E-state index contributed by atoms with van der Waals surface area (Å²) in [6.45, 7) is 5.33. The Balaban J connectivity index is 2.01. The minimum Gasteiger partial charge on any atom is -0.487 e. The maximum atomic E-state index is 12.2. The molecule has 0 aliphatic rings. The van der Waals surface area contributed by atoms with Crippen molar-refractivity contribution in [3.63, 3.8) is 0 Å². The molecule has 0 spiro atoms. The molecule has 6 heteroatoms. The molecule has 2 amide bonds. The summed E-state index contributed by atoms with van der Waals surface area (Å²) in [7, 11) is 0. The van der Waals surface area contributed by atoms with E-state index in [1.807, 2.05) is 38.1 Å². The Morgan fingerprint density at radius 3 is 2.54 bits per heavy atom. The number of para-hydroxylation sites is 1. The van der Waals surface area contributed by atoms with Gasteiger partial charge in [0.1, 0.15) is 6.61 Å². The molecule has 2 N–H and O–H groups in total. The van der Waals surface area contributed by atoms with Gasteiger partial charge >= 0.3 is 6.03 Å². The largest absolute Gasteiger partial charge is 0.487 e. The Hall–Kier alpha value is -2.24. The van der Waals surface area contributed by atoms with Crippen LogP contribution in [0.15, 0.2) is 42.5 Å². The molecule has 24 heavy (non-hydrogen) atoms. The highest BCUT2D eigenvalue weighted by atomic mass is 35.5. The number of benzene rings is 2. The van der Waals surface area contributed by atoms with E-state index in [4.69, 9.17) is 21.1 Å². The van der Waals surface area contributed by atoms with E-state index in [9.17, 15) is 4.79 Å². The summed E-state index contributed by atoms with van der Waals surface area (Å²) < 4.78 is 10.9. The first-order valence-electron chi connectivity index (χ1n) is 7.74. The molecule has 0 saturated carbocycles. The molecule has 128 valence electrons. The zero-order valence-electron chi connectivity index (χ0n) is 13.8. The number of anilines is 2. The molecule has 0 unspecified atom stereocenters. The van der Waals surface area contributed by atoms with E-state index in [0.29, 0.717) is 42.0 Å². The lowest BCUT2D eigenvalue weighted by molar-refractivity contribution is 0.110. The van der Waals surface area contributed by atoms with Gasteiger partial charge in [-0.1, -0.05) is 35.4 Å². The van der Waals surface area contributed by atoms with Crippen LogP contribution in [0.2, 0.25) is 5.02 Å². The monoisotopic (exact) mass is 348 g/mol. The fraction of sp³-hybridized carbons (Fsp3) is 0.278. The molecule has 0 heterocycles. The van der Waals surface area contributed by atoms with Crippen molar-refractivity contribution in [3.05, 3.63) is 53.1 Å². The van der Waals surface area contributed by atoms with Crippen molar-refractivity contribution >= 4 is 29.0 Å². The fourth-order valence-electron chi connectivity index (χ4n) is 2.02. The van der Waals surface area contributed by atoms with Crippen LogP contribution in [0.4, 0.5) is 16.2 Å². The molecule has 2 aromatic rings. The molecule has 0 aliphatic heterocycles. The smallest absolute Gasteiger partial charge is 0.323 e. The third-order valence-corrected chi connectivity index (χ3v) is 3.50. The molecule has 5 nitrogen and oxygen atoms in total. The second-order valence-corrected chi connectivity index (χ2v) is 5.51. The van der Waals surface area contributed by atoms with Crippen molar-refractivity contribution in [1.82, 2.24) is 0 Å². The average Bonchev–Trinajstić information content (AvgIpc) is 2.56. The van der Waals surface area contributed by atoms with E-state index in [1.54, 1.807) is 18.2 Å². The van der Waals surface area contributed by atoms with Gasteiger partial charge in [0.2, 0.25) is 0 Å². The van der Waals surface area contributed by atoms with E-state index in [0.717, 1.165) is 5.56 Å². The van der Waals surface area contributed by atoms with Crippen LogP contribution in [-0.2, 0) is 4.74 Å². The van der Waals surface area contributed by atoms with Crippen molar-refractivity contribution in [2.45, 2.75) is 13.8 Å². The normalized spacial score (nSPS) is 10.3. The number of amides is 2. The Bertz CT molecular complexity index is 674. The van der Waals surface area contributed by atoms with Crippen molar-refractivity contribution in [3.8, 4) is 5.75 Å². The first-order valence-corrected chi connectivity index (χ1v) is 8.11. The summed E-state index contributed by atoms with van der Waals surface area (Å²) >= 11 is 6.17. The van der Waals surface area contributed by atoms with Gasteiger partial charge in [0.15, 0.2) is 5.75 Å². The highest BCUT2D eigenvalue weighted by Crippen LogP contribution is 2.33. The topological polar surface area (TPSA) is 59.6 Å². The van der Waals surface area contributed by atoms with Crippen LogP contribution in [0.5, 0.6) is 5.75 Å². The van der Waals surface area contributed by atoms with E-state index in [-0.39, 0.29) is 6.03 Å². The second-order valence-electron chi connectivity index (χ2n) is 5.11. The van der Waals surface area contributed by atoms with Gasteiger partial charge in [-0.2, -0.15) is 0 Å². The third-order valence-electron chi connectivity index (χ3n) is 3.20. The van der Waals surface area contributed by atoms with Crippen LogP contribution in [0, 0.1) is 6.92 Å². The molecule has 0 fully saturated rings. The van der Waals surface area contributed by atoms with Gasteiger partial charge in [0, 0.05) is 12.3 Å². The highest BCUT2D eigenvalue weighted by Gasteiger charge is 2.11. The number of rotatable bonds is 7. The summed E-state index contributed by atoms with van der Waals surface area (Å²) in [4.78, 5) is 12.2. The van der Waals surface area contributed by atoms with Crippen LogP contribution in [0.25, 0.3) is 0 Å². The Labute approximate surface area is 146 Å². The lowest BCUT2D eigenvalue weighted by atomic mass is 10.2.